The number of hydrogen-bond donors (Lipinski definition) is 1. The fourth-order valence-electron chi connectivity index (χ4n) is 1.74. The van der Waals surface area contributed by atoms with E-state index in [-0.39, 0.29) is 17.4 Å². The molecule has 0 aliphatic rings. The first-order valence-electron chi connectivity index (χ1n) is 5.89. The second kappa shape index (κ2) is 5.67. The summed E-state index contributed by atoms with van der Waals surface area (Å²) in [4.78, 5) is 16.5. The Bertz CT molecular complexity index is 690. The molecule has 2 aromatic rings. The number of nitriles is 1. The summed E-state index contributed by atoms with van der Waals surface area (Å²) in [5, 5.41) is 22.8. The summed E-state index contributed by atoms with van der Waals surface area (Å²) >= 11 is 1.67. The van der Waals surface area contributed by atoms with Crippen molar-refractivity contribution < 1.29 is 4.92 Å². The molecule has 1 unspecified atom stereocenters. The normalized spacial score (nSPS) is 11.7. The summed E-state index contributed by atoms with van der Waals surface area (Å²) in [7, 11) is 0. The average Bonchev–Trinajstić information content (AvgIpc) is 2.85. The zero-order valence-electron chi connectivity index (χ0n) is 11.0. The van der Waals surface area contributed by atoms with E-state index in [9.17, 15) is 10.1 Å². The zero-order chi connectivity index (χ0) is 14.7. The highest BCUT2D eigenvalue weighted by atomic mass is 32.1. The monoisotopic (exact) mass is 288 g/mol. The molecule has 0 bridgehead atoms. The van der Waals surface area contributed by atoms with E-state index < -0.39 is 4.92 Å². The number of pyridine rings is 1. The summed E-state index contributed by atoms with van der Waals surface area (Å²) in [6.45, 7) is 4.00. The molecule has 0 saturated carbocycles. The lowest BCUT2D eigenvalue weighted by Crippen LogP contribution is -2.07. The molecule has 0 aliphatic heterocycles. The van der Waals surface area contributed by atoms with Crippen molar-refractivity contribution in [1.29, 1.82) is 5.26 Å². The van der Waals surface area contributed by atoms with E-state index in [0.717, 1.165) is 4.88 Å². The van der Waals surface area contributed by atoms with E-state index in [1.54, 1.807) is 17.4 Å². The largest absolute Gasteiger partial charge is 0.363 e. The first-order chi connectivity index (χ1) is 9.51. The number of nitro groups is 1. The van der Waals surface area contributed by atoms with Gasteiger partial charge in [0.1, 0.15) is 11.9 Å². The molecule has 0 spiro atoms. The van der Waals surface area contributed by atoms with Gasteiger partial charge < -0.3 is 5.32 Å². The molecule has 1 atom stereocenters. The minimum Gasteiger partial charge on any atom is -0.363 e. The van der Waals surface area contributed by atoms with Crippen LogP contribution in [-0.2, 0) is 0 Å². The summed E-state index contributed by atoms with van der Waals surface area (Å²) in [6.07, 6.45) is 0. The highest BCUT2D eigenvalue weighted by Crippen LogP contribution is 2.26. The molecule has 2 rings (SSSR count). The van der Waals surface area contributed by atoms with Gasteiger partial charge in [-0.25, -0.2) is 4.98 Å². The van der Waals surface area contributed by atoms with Gasteiger partial charge in [-0.05, 0) is 32.0 Å². The number of nitrogens with one attached hydrogen (secondary N) is 1. The van der Waals surface area contributed by atoms with Crippen molar-refractivity contribution in [3.05, 3.63) is 49.8 Å². The minimum absolute atomic E-state index is 0.0224. The zero-order valence-corrected chi connectivity index (χ0v) is 11.8. The standard InChI is InChI=1S/C13H12N4O2S/c1-8-3-5-12(20-8)9(2)15-13-6-4-11(17(18)19)10(7-14)16-13/h3-6,9H,1-2H3,(H,15,16). The molecule has 0 amide bonds. The molecule has 0 fully saturated rings. The molecule has 2 aromatic heterocycles. The van der Waals surface area contributed by atoms with E-state index >= 15 is 0 Å². The number of thiophene rings is 1. The number of rotatable bonds is 4. The summed E-state index contributed by atoms with van der Waals surface area (Å²) in [5.41, 5.74) is -0.466. The van der Waals surface area contributed by atoms with E-state index in [4.69, 9.17) is 5.26 Å². The third-order valence-corrected chi connectivity index (χ3v) is 3.91. The van der Waals surface area contributed by atoms with Crippen LogP contribution in [0.1, 0.15) is 28.4 Å². The van der Waals surface area contributed by atoms with Gasteiger partial charge in [-0.2, -0.15) is 5.26 Å². The van der Waals surface area contributed by atoms with E-state index in [1.165, 1.54) is 17.0 Å². The first kappa shape index (κ1) is 14.0. The van der Waals surface area contributed by atoms with Gasteiger partial charge in [0.15, 0.2) is 0 Å². The Morgan fingerprint density at radius 3 is 2.75 bits per heavy atom. The second-order valence-corrected chi connectivity index (χ2v) is 5.57. The predicted molar refractivity (Wildman–Crippen MR) is 76.7 cm³/mol. The van der Waals surface area contributed by atoms with E-state index in [2.05, 4.69) is 10.3 Å². The van der Waals surface area contributed by atoms with E-state index in [0.29, 0.717) is 5.82 Å². The van der Waals surface area contributed by atoms with Crippen LogP contribution in [0.4, 0.5) is 11.5 Å². The van der Waals surface area contributed by atoms with Crippen molar-refractivity contribution in [2.45, 2.75) is 19.9 Å². The van der Waals surface area contributed by atoms with Crippen LogP contribution < -0.4 is 5.32 Å². The minimum atomic E-state index is -0.610. The number of nitrogens with zero attached hydrogens (tertiary/aromatic N) is 3. The molecule has 0 radical (unpaired) electrons. The maximum Gasteiger partial charge on any atom is 0.305 e. The van der Waals surface area contributed by atoms with Gasteiger partial charge >= 0.3 is 5.69 Å². The number of hydrogen-bond acceptors (Lipinski definition) is 6. The van der Waals surface area contributed by atoms with Crippen molar-refractivity contribution in [2.24, 2.45) is 0 Å². The summed E-state index contributed by atoms with van der Waals surface area (Å²) < 4.78 is 0. The molecule has 2 heterocycles. The molecule has 7 heteroatoms. The van der Waals surface area contributed by atoms with Gasteiger partial charge in [0, 0.05) is 15.8 Å². The van der Waals surface area contributed by atoms with Gasteiger partial charge in [-0.3, -0.25) is 10.1 Å². The Balaban J connectivity index is 2.22. The lowest BCUT2D eigenvalue weighted by atomic mass is 10.2. The third kappa shape index (κ3) is 2.92. The molecule has 0 aromatic carbocycles. The lowest BCUT2D eigenvalue weighted by molar-refractivity contribution is -0.385. The fourth-order valence-corrected chi connectivity index (χ4v) is 2.62. The Morgan fingerprint density at radius 2 is 2.20 bits per heavy atom. The lowest BCUT2D eigenvalue weighted by Gasteiger charge is -2.12. The van der Waals surface area contributed by atoms with Crippen molar-refractivity contribution in [3.63, 3.8) is 0 Å². The third-order valence-electron chi connectivity index (χ3n) is 2.73. The highest BCUT2D eigenvalue weighted by molar-refractivity contribution is 7.12. The quantitative estimate of drug-likeness (QED) is 0.687. The first-order valence-corrected chi connectivity index (χ1v) is 6.71. The summed E-state index contributed by atoms with van der Waals surface area (Å²) in [6, 6.07) is 8.62. The average molecular weight is 288 g/mol. The molecular formula is C13H12N4O2S. The van der Waals surface area contributed by atoms with Crippen LogP contribution in [0.5, 0.6) is 0 Å². The molecule has 102 valence electrons. The van der Waals surface area contributed by atoms with Crippen LogP contribution in [0.3, 0.4) is 0 Å². The topological polar surface area (TPSA) is 91.9 Å². The van der Waals surface area contributed by atoms with Gasteiger partial charge in [-0.15, -0.1) is 11.3 Å². The second-order valence-electron chi connectivity index (χ2n) is 4.25. The Labute approximate surface area is 119 Å². The van der Waals surface area contributed by atoms with E-state index in [1.807, 2.05) is 26.0 Å². The number of aromatic nitrogens is 1. The van der Waals surface area contributed by atoms with Crippen LogP contribution in [0.25, 0.3) is 0 Å². The highest BCUT2D eigenvalue weighted by Gasteiger charge is 2.16. The summed E-state index contributed by atoms with van der Waals surface area (Å²) in [5.74, 6) is 0.450. The SMILES string of the molecule is Cc1ccc(C(C)Nc2ccc([N+](=O)[O-])c(C#N)n2)s1. The van der Waals surface area contributed by atoms with Crippen molar-refractivity contribution in [1.82, 2.24) is 4.98 Å². The number of anilines is 1. The van der Waals surface area contributed by atoms with Crippen LogP contribution in [0.2, 0.25) is 0 Å². The van der Waals surface area contributed by atoms with Gasteiger partial charge in [0.25, 0.3) is 0 Å². The molecular weight excluding hydrogens is 276 g/mol. The molecule has 6 nitrogen and oxygen atoms in total. The smallest absolute Gasteiger partial charge is 0.305 e. The Morgan fingerprint density at radius 1 is 1.45 bits per heavy atom. The maximum absolute atomic E-state index is 10.7. The van der Waals surface area contributed by atoms with Crippen molar-refractivity contribution >= 4 is 22.8 Å². The van der Waals surface area contributed by atoms with Crippen LogP contribution in [0.15, 0.2) is 24.3 Å². The van der Waals surface area contributed by atoms with Gasteiger partial charge in [0.2, 0.25) is 5.69 Å². The molecule has 1 N–H and O–H groups in total. The Kier molecular flexibility index (Phi) is 3.96. The molecule has 20 heavy (non-hydrogen) atoms. The van der Waals surface area contributed by atoms with Gasteiger partial charge in [0.05, 0.1) is 11.0 Å². The molecule has 0 aliphatic carbocycles. The van der Waals surface area contributed by atoms with Crippen molar-refractivity contribution in [3.8, 4) is 6.07 Å². The van der Waals surface area contributed by atoms with Crippen molar-refractivity contribution in [2.75, 3.05) is 5.32 Å². The predicted octanol–water partition coefficient (Wildman–Crippen LogP) is 3.40. The van der Waals surface area contributed by atoms with Crippen LogP contribution >= 0.6 is 11.3 Å². The Hall–Kier alpha value is -2.46. The number of aryl methyl sites for hydroxylation is 1. The maximum atomic E-state index is 10.7. The van der Waals surface area contributed by atoms with Crippen LogP contribution in [-0.4, -0.2) is 9.91 Å². The molecule has 0 saturated heterocycles. The van der Waals surface area contributed by atoms with Crippen LogP contribution in [0, 0.1) is 28.4 Å². The van der Waals surface area contributed by atoms with Gasteiger partial charge in [-0.1, -0.05) is 0 Å². The fraction of sp³-hybridized carbons (Fsp3) is 0.231.